The van der Waals surface area contributed by atoms with Crippen molar-refractivity contribution >= 4 is 0 Å². The van der Waals surface area contributed by atoms with E-state index in [2.05, 4.69) is 20.5 Å². The Kier molecular flexibility index (Phi) is 2.83. The van der Waals surface area contributed by atoms with Gasteiger partial charge in [0.1, 0.15) is 17.3 Å². The van der Waals surface area contributed by atoms with Gasteiger partial charge in [-0.1, -0.05) is 18.2 Å². The molecule has 0 N–H and O–H groups in total. The average Bonchev–Trinajstić information content (AvgIpc) is 2.99. The van der Waals surface area contributed by atoms with Crippen molar-refractivity contribution in [3.63, 3.8) is 0 Å². The third-order valence-electron chi connectivity index (χ3n) is 2.92. The molecule has 0 bridgehead atoms. The van der Waals surface area contributed by atoms with Gasteiger partial charge in [0.15, 0.2) is 0 Å². The van der Waals surface area contributed by atoms with Crippen LogP contribution < -0.4 is 0 Å². The van der Waals surface area contributed by atoms with E-state index in [1.54, 1.807) is 4.68 Å². The monoisotopic (exact) mass is 255 g/mol. The molecule has 0 aliphatic rings. The highest BCUT2D eigenvalue weighted by atomic mass is 16.4. The van der Waals surface area contributed by atoms with Crippen LogP contribution in [0.2, 0.25) is 0 Å². The van der Waals surface area contributed by atoms with Crippen molar-refractivity contribution in [1.82, 2.24) is 25.2 Å². The van der Waals surface area contributed by atoms with Gasteiger partial charge < -0.3 is 4.42 Å². The molecule has 0 spiro atoms. The zero-order valence-corrected chi connectivity index (χ0v) is 10.7. The standard InChI is InChI=1S/C13H13N5O/c1-9-12(8-18-10(2)15-16-17-18)14-13(19-9)11-6-4-3-5-7-11/h3-7H,8H2,1-2H3. The summed E-state index contributed by atoms with van der Waals surface area (Å²) in [4.78, 5) is 4.51. The Bertz CT molecular complexity index is 686. The summed E-state index contributed by atoms with van der Waals surface area (Å²) in [7, 11) is 0. The van der Waals surface area contributed by atoms with Crippen LogP contribution in [0.4, 0.5) is 0 Å². The molecule has 2 heterocycles. The van der Waals surface area contributed by atoms with Gasteiger partial charge in [0.05, 0.1) is 6.54 Å². The molecule has 0 saturated carbocycles. The molecule has 6 nitrogen and oxygen atoms in total. The van der Waals surface area contributed by atoms with E-state index in [0.29, 0.717) is 12.4 Å². The minimum atomic E-state index is 0.515. The summed E-state index contributed by atoms with van der Waals surface area (Å²) >= 11 is 0. The van der Waals surface area contributed by atoms with Crippen molar-refractivity contribution in [2.75, 3.05) is 0 Å². The zero-order valence-electron chi connectivity index (χ0n) is 10.7. The first kappa shape index (κ1) is 11.6. The lowest BCUT2D eigenvalue weighted by Gasteiger charge is -1.97. The number of hydrogen-bond donors (Lipinski definition) is 0. The second kappa shape index (κ2) is 4.64. The minimum Gasteiger partial charge on any atom is -0.441 e. The number of hydrogen-bond acceptors (Lipinski definition) is 5. The molecule has 0 unspecified atom stereocenters. The van der Waals surface area contributed by atoms with E-state index < -0.39 is 0 Å². The molecule has 3 aromatic rings. The van der Waals surface area contributed by atoms with Crippen molar-refractivity contribution in [2.24, 2.45) is 0 Å². The van der Waals surface area contributed by atoms with Crippen LogP contribution in [0.1, 0.15) is 17.3 Å². The van der Waals surface area contributed by atoms with Crippen LogP contribution in [0, 0.1) is 13.8 Å². The average molecular weight is 255 g/mol. The normalized spacial score (nSPS) is 10.8. The second-order valence-corrected chi connectivity index (χ2v) is 4.27. The lowest BCUT2D eigenvalue weighted by Crippen LogP contribution is -2.05. The maximum Gasteiger partial charge on any atom is 0.226 e. The molecule has 1 aromatic carbocycles. The SMILES string of the molecule is Cc1oc(-c2ccccc2)nc1Cn1nnnc1C. The van der Waals surface area contributed by atoms with E-state index >= 15 is 0 Å². The van der Waals surface area contributed by atoms with Gasteiger partial charge in [-0.15, -0.1) is 5.10 Å². The highest BCUT2D eigenvalue weighted by Crippen LogP contribution is 2.21. The number of aromatic nitrogens is 5. The smallest absolute Gasteiger partial charge is 0.226 e. The summed E-state index contributed by atoms with van der Waals surface area (Å²) in [6, 6.07) is 9.82. The number of aryl methyl sites for hydroxylation is 2. The maximum absolute atomic E-state index is 5.70. The molecule has 0 fully saturated rings. The van der Waals surface area contributed by atoms with Crippen molar-refractivity contribution in [1.29, 1.82) is 0 Å². The third-order valence-corrected chi connectivity index (χ3v) is 2.92. The van der Waals surface area contributed by atoms with E-state index in [9.17, 15) is 0 Å². The Hall–Kier alpha value is -2.50. The van der Waals surface area contributed by atoms with Gasteiger partial charge in [0.25, 0.3) is 0 Å². The predicted octanol–water partition coefficient (Wildman–Crippen LogP) is 1.99. The van der Waals surface area contributed by atoms with Crippen LogP contribution in [-0.4, -0.2) is 25.2 Å². The topological polar surface area (TPSA) is 69.6 Å². The van der Waals surface area contributed by atoms with Gasteiger partial charge >= 0.3 is 0 Å². The Labute approximate surface area is 110 Å². The summed E-state index contributed by atoms with van der Waals surface area (Å²) in [6.07, 6.45) is 0. The summed E-state index contributed by atoms with van der Waals surface area (Å²) in [5.41, 5.74) is 1.81. The highest BCUT2D eigenvalue weighted by Gasteiger charge is 2.13. The number of benzene rings is 1. The Morgan fingerprint density at radius 1 is 1.16 bits per heavy atom. The molecule has 0 aliphatic carbocycles. The van der Waals surface area contributed by atoms with Crippen molar-refractivity contribution in [3.05, 3.63) is 47.6 Å². The van der Waals surface area contributed by atoms with Gasteiger partial charge in [-0.2, -0.15) is 0 Å². The molecule has 19 heavy (non-hydrogen) atoms. The molecule has 0 aliphatic heterocycles. The van der Waals surface area contributed by atoms with Crippen LogP contribution in [0.5, 0.6) is 0 Å². The number of tetrazole rings is 1. The predicted molar refractivity (Wildman–Crippen MR) is 68.3 cm³/mol. The fraction of sp³-hybridized carbons (Fsp3) is 0.231. The van der Waals surface area contributed by atoms with Crippen molar-refractivity contribution in [2.45, 2.75) is 20.4 Å². The molecular formula is C13H13N5O. The summed E-state index contributed by atoms with van der Waals surface area (Å²) < 4.78 is 7.39. The lowest BCUT2D eigenvalue weighted by molar-refractivity contribution is 0.534. The summed E-state index contributed by atoms with van der Waals surface area (Å²) in [5.74, 6) is 2.16. The molecule has 0 amide bonds. The fourth-order valence-electron chi connectivity index (χ4n) is 1.82. The van der Waals surface area contributed by atoms with Crippen LogP contribution in [-0.2, 0) is 6.54 Å². The van der Waals surface area contributed by atoms with E-state index in [-0.39, 0.29) is 0 Å². The summed E-state index contributed by atoms with van der Waals surface area (Å²) in [6.45, 7) is 4.27. The van der Waals surface area contributed by atoms with E-state index in [1.807, 2.05) is 44.2 Å². The van der Waals surface area contributed by atoms with Gasteiger partial charge in [-0.25, -0.2) is 9.67 Å². The van der Waals surface area contributed by atoms with Gasteiger partial charge in [0, 0.05) is 5.56 Å². The summed E-state index contributed by atoms with van der Waals surface area (Å²) in [5, 5.41) is 11.4. The van der Waals surface area contributed by atoms with Gasteiger partial charge in [-0.3, -0.25) is 0 Å². The zero-order chi connectivity index (χ0) is 13.2. The van der Waals surface area contributed by atoms with Gasteiger partial charge in [-0.05, 0) is 36.4 Å². The molecule has 0 radical (unpaired) electrons. The van der Waals surface area contributed by atoms with E-state index in [4.69, 9.17) is 4.42 Å². The molecule has 0 saturated heterocycles. The van der Waals surface area contributed by atoms with Crippen LogP contribution in [0.3, 0.4) is 0 Å². The largest absolute Gasteiger partial charge is 0.441 e. The first-order chi connectivity index (χ1) is 9.24. The molecule has 0 atom stereocenters. The van der Waals surface area contributed by atoms with E-state index in [0.717, 1.165) is 22.8 Å². The second-order valence-electron chi connectivity index (χ2n) is 4.27. The third kappa shape index (κ3) is 2.24. The lowest BCUT2D eigenvalue weighted by atomic mass is 10.2. The van der Waals surface area contributed by atoms with E-state index in [1.165, 1.54) is 0 Å². The van der Waals surface area contributed by atoms with Crippen molar-refractivity contribution in [3.8, 4) is 11.5 Å². The van der Waals surface area contributed by atoms with Gasteiger partial charge in [0.2, 0.25) is 5.89 Å². The van der Waals surface area contributed by atoms with Crippen LogP contribution >= 0.6 is 0 Å². The quantitative estimate of drug-likeness (QED) is 0.715. The van der Waals surface area contributed by atoms with Crippen LogP contribution in [0.15, 0.2) is 34.7 Å². The molecule has 3 rings (SSSR count). The Morgan fingerprint density at radius 2 is 1.95 bits per heavy atom. The molecule has 2 aromatic heterocycles. The Balaban J connectivity index is 1.92. The molecular weight excluding hydrogens is 242 g/mol. The Morgan fingerprint density at radius 3 is 2.63 bits per heavy atom. The number of oxazole rings is 1. The fourth-order valence-corrected chi connectivity index (χ4v) is 1.82. The first-order valence-electron chi connectivity index (χ1n) is 5.98. The number of rotatable bonds is 3. The molecule has 96 valence electrons. The molecule has 6 heteroatoms. The van der Waals surface area contributed by atoms with Crippen LogP contribution in [0.25, 0.3) is 11.5 Å². The highest BCUT2D eigenvalue weighted by molar-refractivity contribution is 5.53. The van der Waals surface area contributed by atoms with Crippen molar-refractivity contribution < 1.29 is 4.42 Å². The number of nitrogens with zero attached hydrogens (tertiary/aromatic N) is 5. The maximum atomic E-state index is 5.70. The minimum absolute atomic E-state index is 0.515. The first-order valence-corrected chi connectivity index (χ1v) is 5.98.